The van der Waals surface area contributed by atoms with Gasteiger partial charge in [-0.1, -0.05) is 12.1 Å². The highest BCUT2D eigenvalue weighted by Crippen LogP contribution is 2.49. The molecule has 192 valence electrons. The van der Waals surface area contributed by atoms with Gasteiger partial charge in [-0.3, -0.25) is 9.88 Å². The first-order valence-corrected chi connectivity index (χ1v) is 13.0. The molecule has 1 aromatic carbocycles. The van der Waals surface area contributed by atoms with Gasteiger partial charge in [-0.15, -0.1) is 0 Å². The summed E-state index contributed by atoms with van der Waals surface area (Å²) in [6, 6.07) is 7.72. The van der Waals surface area contributed by atoms with E-state index in [0.29, 0.717) is 20.0 Å². The average Bonchev–Trinajstić information content (AvgIpc) is 3.60. The Hall–Kier alpha value is -2.05. The van der Waals surface area contributed by atoms with E-state index in [1.165, 1.54) is 9.87 Å². The Morgan fingerprint density at radius 1 is 1.09 bits per heavy atom. The van der Waals surface area contributed by atoms with Crippen LogP contribution in [0.15, 0.2) is 53.7 Å². The van der Waals surface area contributed by atoms with Crippen LogP contribution < -0.4 is 0 Å². The lowest BCUT2D eigenvalue weighted by molar-refractivity contribution is -0.258. The number of hydrogen-bond donors (Lipinski definition) is 2. The molecule has 0 amide bonds. The van der Waals surface area contributed by atoms with Crippen LogP contribution in [0.25, 0.3) is 0 Å². The first kappa shape index (κ1) is 26.0. The molecule has 1 aromatic heterocycles. The average molecular weight is 514 g/mol. The van der Waals surface area contributed by atoms with Crippen LogP contribution in [0.4, 0.5) is 13.2 Å². The number of sulfonamides is 1. The number of pyridine rings is 1. The molecule has 2 aromatic rings. The van der Waals surface area contributed by atoms with Crippen molar-refractivity contribution in [2.75, 3.05) is 32.8 Å². The maximum Gasteiger partial charge on any atom is 0.421 e. The van der Waals surface area contributed by atoms with Crippen molar-refractivity contribution in [3.63, 3.8) is 0 Å². The normalized spacial score (nSPS) is 23.1. The third kappa shape index (κ3) is 5.10. The summed E-state index contributed by atoms with van der Waals surface area (Å²) in [6.07, 6.45) is 0.994. The highest BCUT2D eigenvalue weighted by atomic mass is 32.2. The summed E-state index contributed by atoms with van der Waals surface area (Å²) in [5.74, 6) is 0. The molecule has 2 heterocycles. The molecule has 1 saturated heterocycles. The van der Waals surface area contributed by atoms with E-state index in [0.717, 1.165) is 43.7 Å². The second-order valence-corrected chi connectivity index (χ2v) is 11.5. The minimum absolute atomic E-state index is 0.0407. The van der Waals surface area contributed by atoms with Gasteiger partial charge in [0.1, 0.15) is 0 Å². The molecule has 35 heavy (non-hydrogen) atoms. The van der Waals surface area contributed by atoms with Crippen LogP contribution in [0.2, 0.25) is 0 Å². The predicted molar refractivity (Wildman–Crippen MR) is 123 cm³/mol. The lowest BCUT2D eigenvalue weighted by atomic mass is 9.95. The van der Waals surface area contributed by atoms with Gasteiger partial charge >= 0.3 is 6.18 Å². The Balaban J connectivity index is 1.50. The van der Waals surface area contributed by atoms with E-state index < -0.39 is 33.4 Å². The number of benzene rings is 1. The zero-order valence-corrected chi connectivity index (χ0v) is 20.3. The van der Waals surface area contributed by atoms with Gasteiger partial charge in [-0.2, -0.15) is 17.5 Å². The molecule has 1 aliphatic heterocycles. The SMILES string of the molecule is CC(O)(c1ccc(S(=O)(=O)N2CCN(CC3(c4ccncc4)CC3)CC2CCO)cc1)C(F)(F)F. The Morgan fingerprint density at radius 3 is 2.26 bits per heavy atom. The van der Waals surface area contributed by atoms with Gasteiger partial charge in [0.05, 0.1) is 4.90 Å². The van der Waals surface area contributed by atoms with E-state index in [1.807, 2.05) is 12.1 Å². The molecule has 2 N–H and O–H groups in total. The smallest absolute Gasteiger partial charge is 0.396 e. The molecule has 0 spiro atoms. The number of rotatable bonds is 8. The van der Waals surface area contributed by atoms with Gasteiger partial charge in [0.15, 0.2) is 5.60 Å². The summed E-state index contributed by atoms with van der Waals surface area (Å²) in [4.78, 5) is 6.16. The van der Waals surface area contributed by atoms with Crippen molar-refractivity contribution in [3.8, 4) is 0 Å². The van der Waals surface area contributed by atoms with Crippen molar-refractivity contribution < 1.29 is 31.8 Å². The molecular formula is C24H30F3N3O4S. The molecule has 11 heteroatoms. The first-order chi connectivity index (χ1) is 16.4. The molecule has 0 radical (unpaired) electrons. The monoisotopic (exact) mass is 513 g/mol. The Morgan fingerprint density at radius 2 is 1.71 bits per heavy atom. The van der Waals surface area contributed by atoms with Gasteiger partial charge in [0.2, 0.25) is 10.0 Å². The van der Waals surface area contributed by atoms with Crippen LogP contribution in [0, 0.1) is 0 Å². The van der Waals surface area contributed by atoms with Crippen molar-refractivity contribution >= 4 is 10.0 Å². The maximum atomic E-state index is 13.4. The van der Waals surface area contributed by atoms with E-state index >= 15 is 0 Å². The molecule has 4 rings (SSSR count). The Labute approximate surface area is 203 Å². The summed E-state index contributed by atoms with van der Waals surface area (Å²) in [7, 11) is -4.01. The largest absolute Gasteiger partial charge is 0.421 e. The van der Waals surface area contributed by atoms with Crippen molar-refractivity contribution in [3.05, 3.63) is 59.9 Å². The summed E-state index contributed by atoms with van der Waals surface area (Å²) in [5, 5.41) is 19.5. The van der Waals surface area contributed by atoms with Crippen molar-refractivity contribution in [2.24, 2.45) is 0 Å². The molecule has 0 bridgehead atoms. The zero-order chi connectivity index (χ0) is 25.5. The fraction of sp³-hybridized carbons (Fsp3) is 0.542. The topological polar surface area (TPSA) is 94.0 Å². The van der Waals surface area contributed by atoms with Gasteiger partial charge < -0.3 is 10.2 Å². The quantitative estimate of drug-likeness (QED) is 0.564. The minimum atomic E-state index is -4.90. The van der Waals surface area contributed by atoms with E-state index in [1.54, 1.807) is 12.4 Å². The van der Waals surface area contributed by atoms with Gasteiger partial charge in [0.25, 0.3) is 0 Å². The number of aliphatic hydroxyl groups excluding tert-OH is 1. The standard InChI is InChI=1S/C24H30F3N3O4S/c1-22(32,24(25,26)27)18-2-4-21(5-3-18)35(33,34)30-14-13-29(16-20(30)8-15-31)17-23(9-10-23)19-6-11-28-12-7-19/h2-7,11-12,20,31-32H,8-10,13-17H2,1H3. The number of piperazine rings is 1. The molecule has 1 saturated carbocycles. The number of nitrogens with zero attached hydrogens (tertiary/aromatic N) is 3. The van der Waals surface area contributed by atoms with Crippen molar-refractivity contribution in [2.45, 2.75) is 54.3 Å². The van der Waals surface area contributed by atoms with E-state index in [4.69, 9.17) is 0 Å². The second kappa shape index (κ2) is 9.44. The molecule has 2 aliphatic rings. The fourth-order valence-electron chi connectivity index (χ4n) is 4.82. The maximum absolute atomic E-state index is 13.4. The number of alkyl halides is 3. The minimum Gasteiger partial charge on any atom is -0.396 e. The predicted octanol–water partition coefficient (Wildman–Crippen LogP) is 2.64. The van der Waals surface area contributed by atoms with Gasteiger partial charge in [-0.05, 0) is 61.6 Å². The summed E-state index contributed by atoms with van der Waals surface area (Å²) in [5.41, 5.74) is -2.27. The first-order valence-electron chi connectivity index (χ1n) is 11.6. The second-order valence-electron chi connectivity index (χ2n) is 9.63. The zero-order valence-electron chi connectivity index (χ0n) is 19.4. The van der Waals surface area contributed by atoms with Crippen LogP contribution in [0.5, 0.6) is 0 Å². The number of hydrogen-bond acceptors (Lipinski definition) is 6. The van der Waals surface area contributed by atoms with Crippen LogP contribution in [-0.2, 0) is 21.0 Å². The van der Waals surface area contributed by atoms with Crippen molar-refractivity contribution in [1.29, 1.82) is 0 Å². The fourth-order valence-corrected chi connectivity index (χ4v) is 6.46. The van der Waals surface area contributed by atoms with Crippen LogP contribution >= 0.6 is 0 Å². The third-order valence-electron chi connectivity index (χ3n) is 7.22. The van der Waals surface area contributed by atoms with Crippen LogP contribution in [0.1, 0.15) is 37.3 Å². The summed E-state index contributed by atoms with van der Waals surface area (Å²) >= 11 is 0. The lowest BCUT2D eigenvalue weighted by Gasteiger charge is -2.41. The summed E-state index contributed by atoms with van der Waals surface area (Å²) < 4.78 is 67.5. The number of aromatic nitrogens is 1. The highest BCUT2D eigenvalue weighted by Gasteiger charge is 2.51. The van der Waals surface area contributed by atoms with Gasteiger partial charge in [0, 0.05) is 56.6 Å². The molecule has 2 atom stereocenters. The van der Waals surface area contributed by atoms with Crippen LogP contribution in [-0.4, -0.2) is 77.8 Å². The highest BCUT2D eigenvalue weighted by molar-refractivity contribution is 7.89. The van der Waals surface area contributed by atoms with Crippen molar-refractivity contribution in [1.82, 2.24) is 14.2 Å². The Kier molecular flexibility index (Phi) is 7.02. The van der Waals surface area contributed by atoms with E-state index in [2.05, 4.69) is 9.88 Å². The molecule has 7 nitrogen and oxygen atoms in total. The number of halogens is 3. The third-order valence-corrected chi connectivity index (χ3v) is 9.19. The van der Waals surface area contributed by atoms with Crippen LogP contribution in [0.3, 0.4) is 0 Å². The van der Waals surface area contributed by atoms with Gasteiger partial charge in [-0.25, -0.2) is 8.42 Å². The molecule has 2 fully saturated rings. The number of aliphatic hydroxyl groups is 2. The molecule has 2 unspecified atom stereocenters. The Bertz CT molecular complexity index is 1120. The summed E-state index contributed by atoms with van der Waals surface area (Å²) in [6.45, 7) is 2.40. The lowest BCUT2D eigenvalue weighted by Crippen LogP contribution is -2.56. The van der Waals surface area contributed by atoms with E-state index in [-0.39, 0.29) is 29.9 Å². The van der Waals surface area contributed by atoms with E-state index in [9.17, 15) is 31.8 Å². The molecule has 1 aliphatic carbocycles. The molecular weight excluding hydrogens is 483 g/mol.